The number of rotatable bonds is 7. The van der Waals surface area contributed by atoms with Gasteiger partial charge in [0.05, 0.1) is 20.1 Å². The molecule has 1 fully saturated rings. The Morgan fingerprint density at radius 1 is 0.941 bits per heavy atom. The van der Waals surface area contributed by atoms with Gasteiger partial charge in [-0.3, -0.25) is 14.5 Å². The zero-order valence-electron chi connectivity index (χ0n) is 19.9. The minimum atomic E-state index is -0.288. The summed E-state index contributed by atoms with van der Waals surface area (Å²) in [6.45, 7) is 6.72. The van der Waals surface area contributed by atoms with E-state index < -0.39 is 0 Å². The highest BCUT2D eigenvalue weighted by molar-refractivity contribution is 5.99. The van der Waals surface area contributed by atoms with Gasteiger partial charge in [0.2, 0.25) is 5.91 Å². The number of hydrogen-bond acceptors (Lipinski definition) is 4. The van der Waals surface area contributed by atoms with Gasteiger partial charge in [0.15, 0.2) is 5.78 Å². The molecule has 34 heavy (non-hydrogen) atoms. The first-order valence-electron chi connectivity index (χ1n) is 11.5. The van der Waals surface area contributed by atoms with Gasteiger partial charge >= 0.3 is 0 Å². The smallest absolute Gasteiger partial charge is 0.227 e. The largest absolute Gasteiger partial charge is 0.497 e. The molecule has 2 heterocycles. The molecule has 2 aromatic carbocycles. The van der Waals surface area contributed by atoms with Crippen molar-refractivity contribution < 1.29 is 18.7 Å². The molecule has 4 rings (SSSR count). The summed E-state index contributed by atoms with van der Waals surface area (Å²) in [7, 11) is 1.62. The highest BCUT2D eigenvalue weighted by Crippen LogP contribution is 2.22. The maximum Gasteiger partial charge on any atom is 0.227 e. The minimum absolute atomic E-state index is 0.0551. The van der Waals surface area contributed by atoms with Gasteiger partial charge in [-0.1, -0.05) is 12.1 Å². The van der Waals surface area contributed by atoms with Gasteiger partial charge in [-0.25, -0.2) is 4.39 Å². The summed E-state index contributed by atoms with van der Waals surface area (Å²) in [4.78, 5) is 29.8. The number of aryl methyl sites for hydroxylation is 1. The summed E-state index contributed by atoms with van der Waals surface area (Å²) >= 11 is 0. The molecular formula is C27H30FN3O3. The van der Waals surface area contributed by atoms with Crippen LogP contribution in [-0.2, 0) is 11.2 Å². The molecule has 1 aliphatic heterocycles. The first kappa shape index (κ1) is 23.7. The molecule has 1 aliphatic rings. The Labute approximate surface area is 199 Å². The van der Waals surface area contributed by atoms with Gasteiger partial charge in [0.25, 0.3) is 0 Å². The van der Waals surface area contributed by atoms with Crippen LogP contribution in [0.2, 0.25) is 0 Å². The Kier molecular flexibility index (Phi) is 7.12. The number of aromatic nitrogens is 1. The van der Waals surface area contributed by atoms with Crippen molar-refractivity contribution in [3.05, 3.63) is 82.9 Å². The number of nitrogens with zero attached hydrogens (tertiary/aromatic N) is 3. The molecule has 7 heteroatoms. The number of benzene rings is 2. The van der Waals surface area contributed by atoms with Crippen molar-refractivity contribution >= 4 is 11.7 Å². The summed E-state index contributed by atoms with van der Waals surface area (Å²) in [6.07, 6.45) is 0.359. The SMILES string of the molecule is COc1ccc(CC(=O)N2CCN(CC(=O)c3cc(C)n(-c4ccc(F)cc4)c3C)CC2)cc1. The van der Waals surface area contributed by atoms with Crippen molar-refractivity contribution in [2.75, 3.05) is 39.8 Å². The second-order valence-electron chi connectivity index (χ2n) is 8.70. The molecule has 0 bridgehead atoms. The van der Waals surface area contributed by atoms with Crippen LogP contribution in [0.1, 0.15) is 27.3 Å². The number of piperazine rings is 1. The van der Waals surface area contributed by atoms with Gasteiger partial charge in [-0.15, -0.1) is 0 Å². The number of carbonyl (C=O) groups excluding carboxylic acids is 2. The molecule has 1 amide bonds. The van der Waals surface area contributed by atoms with E-state index >= 15 is 0 Å². The number of carbonyl (C=O) groups is 2. The van der Waals surface area contributed by atoms with Gasteiger partial charge in [0, 0.05) is 48.8 Å². The molecule has 6 nitrogen and oxygen atoms in total. The normalized spacial score (nSPS) is 14.3. The molecule has 3 aromatic rings. The molecule has 0 spiro atoms. The van der Waals surface area contributed by atoms with E-state index in [1.807, 2.05) is 53.6 Å². The maximum absolute atomic E-state index is 13.3. The maximum atomic E-state index is 13.3. The molecular weight excluding hydrogens is 433 g/mol. The fourth-order valence-electron chi connectivity index (χ4n) is 4.51. The van der Waals surface area contributed by atoms with Crippen LogP contribution in [0.25, 0.3) is 5.69 Å². The number of Topliss-reactive ketones (excluding diaryl/α,β-unsaturated/α-hetero) is 1. The fraction of sp³-hybridized carbons (Fsp3) is 0.333. The van der Waals surface area contributed by atoms with Gasteiger partial charge in [-0.05, 0) is 61.9 Å². The highest BCUT2D eigenvalue weighted by Gasteiger charge is 2.24. The first-order valence-corrected chi connectivity index (χ1v) is 11.5. The Hall–Kier alpha value is -3.45. The quantitative estimate of drug-likeness (QED) is 0.500. The fourth-order valence-corrected chi connectivity index (χ4v) is 4.51. The van der Waals surface area contributed by atoms with E-state index in [1.54, 1.807) is 19.2 Å². The number of ether oxygens (including phenoxy) is 1. The molecule has 0 radical (unpaired) electrons. The molecule has 0 unspecified atom stereocenters. The van der Waals surface area contributed by atoms with Crippen molar-refractivity contribution in [2.24, 2.45) is 0 Å². The molecule has 1 saturated heterocycles. The number of hydrogen-bond donors (Lipinski definition) is 0. The van der Waals surface area contributed by atoms with Crippen molar-refractivity contribution in [3.63, 3.8) is 0 Å². The van der Waals surface area contributed by atoms with E-state index in [2.05, 4.69) is 4.90 Å². The van der Waals surface area contributed by atoms with E-state index in [4.69, 9.17) is 4.74 Å². The lowest BCUT2D eigenvalue weighted by Gasteiger charge is -2.34. The lowest BCUT2D eigenvalue weighted by molar-refractivity contribution is -0.132. The molecule has 0 aliphatic carbocycles. The van der Waals surface area contributed by atoms with E-state index in [0.29, 0.717) is 44.7 Å². The minimum Gasteiger partial charge on any atom is -0.497 e. The van der Waals surface area contributed by atoms with Crippen molar-refractivity contribution in [1.82, 2.24) is 14.4 Å². The predicted molar refractivity (Wildman–Crippen MR) is 129 cm³/mol. The van der Waals surface area contributed by atoms with Crippen molar-refractivity contribution in [2.45, 2.75) is 20.3 Å². The van der Waals surface area contributed by atoms with Crippen LogP contribution in [0.5, 0.6) is 5.75 Å². The lowest BCUT2D eigenvalue weighted by atomic mass is 10.1. The molecule has 0 N–H and O–H groups in total. The Morgan fingerprint density at radius 3 is 2.21 bits per heavy atom. The number of amides is 1. The average Bonchev–Trinajstić information content (AvgIpc) is 3.14. The zero-order valence-corrected chi connectivity index (χ0v) is 19.9. The molecule has 178 valence electrons. The van der Waals surface area contributed by atoms with E-state index in [1.165, 1.54) is 12.1 Å². The van der Waals surface area contributed by atoms with Crippen LogP contribution in [-0.4, -0.2) is 65.9 Å². The Balaban J connectivity index is 1.33. The van der Waals surface area contributed by atoms with E-state index in [9.17, 15) is 14.0 Å². The number of methoxy groups -OCH3 is 1. The summed E-state index contributed by atoms with van der Waals surface area (Å²) in [5, 5.41) is 0. The third-order valence-corrected chi connectivity index (χ3v) is 6.42. The zero-order chi connectivity index (χ0) is 24.2. The van der Waals surface area contributed by atoms with Crippen molar-refractivity contribution in [1.29, 1.82) is 0 Å². The highest BCUT2D eigenvalue weighted by atomic mass is 19.1. The van der Waals surface area contributed by atoms with Gasteiger partial charge in [-0.2, -0.15) is 0 Å². The lowest BCUT2D eigenvalue weighted by Crippen LogP contribution is -2.50. The van der Waals surface area contributed by atoms with Crippen molar-refractivity contribution in [3.8, 4) is 11.4 Å². The second kappa shape index (κ2) is 10.2. The molecule has 0 saturated carbocycles. The van der Waals surface area contributed by atoms with Crippen LogP contribution in [0.15, 0.2) is 54.6 Å². The van der Waals surface area contributed by atoms with Crippen LogP contribution in [0.4, 0.5) is 4.39 Å². The number of ketones is 1. The third kappa shape index (κ3) is 5.20. The van der Waals surface area contributed by atoms with Crippen LogP contribution in [0.3, 0.4) is 0 Å². The van der Waals surface area contributed by atoms with Gasteiger partial charge in [0.1, 0.15) is 11.6 Å². The predicted octanol–water partition coefficient (Wildman–Crippen LogP) is 3.81. The summed E-state index contributed by atoms with van der Waals surface area (Å²) in [5.41, 5.74) is 4.25. The topological polar surface area (TPSA) is 54.8 Å². The Morgan fingerprint density at radius 2 is 1.59 bits per heavy atom. The molecule has 0 atom stereocenters. The van der Waals surface area contributed by atoms with E-state index in [0.717, 1.165) is 28.4 Å². The second-order valence-corrected chi connectivity index (χ2v) is 8.70. The summed E-state index contributed by atoms with van der Waals surface area (Å²) in [6, 6.07) is 15.7. The van der Waals surface area contributed by atoms with Gasteiger partial charge < -0.3 is 14.2 Å². The monoisotopic (exact) mass is 463 g/mol. The summed E-state index contributed by atoms with van der Waals surface area (Å²) in [5.74, 6) is 0.635. The van der Waals surface area contributed by atoms with Crippen LogP contribution < -0.4 is 4.74 Å². The first-order chi connectivity index (χ1) is 16.4. The Bertz CT molecular complexity index is 1160. The number of halogens is 1. The molecule has 1 aromatic heterocycles. The summed E-state index contributed by atoms with van der Waals surface area (Å²) < 4.78 is 20.5. The van der Waals surface area contributed by atoms with E-state index in [-0.39, 0.29) is 17.5 Å². The van der Waals surface area contributed by atoms with Crippen LogP contribution in [0, 0.1) is 19.7 Å². The average molecular weight is 464 g/mol. The van der Waals surface area contributed by atoms with Crippen LogP contribution >= 0.6 is 0 Å². The third-order valence-electron chi connectivity index (χ3n) is 6.42. The standard InChI is InChI=1S/C27H30FN3O3/c1-19-16-25(20(2)31(19)23-8-6-22(28)7-9-23)26(32)18-29-12-14-30(15-13-29)27(33)17-21-4-10-24(34-3)11-5-21/h4-11,16H,12-15,17-18H2,1-3H3.